The highest BCUT2D eigenvalue weighted by Crippen LogP contribution is 2.33. The summed E-state index contributed by atoms with van der Waals surface area (Å²) in [6.07, 6.45) is 1.19. The highest BCUT2D eigenvalue weighted by molar-refractivity contribution is 5.91. The van der Waals surface area contributed by atoms with E-state index in [2.05, 4.69) is 27.3 Å². The highest BCUT2D eigenvalue weighted by Gasteiger charge is 2.47. The van der Waals surface area contributed by atoms with Gasteiger partial charge in [0.1, 0.15) is 23.4 Å². The smallest absolute Gasteiger partial charge is 0.408 e. The van der Waals surface area contributed by atoms with Crippen LogP contribution in [-0.2, 0) is 19.1 Å². The Morgan fingerprint density at radius 2 is 1.85 bits per heavy atom. The zero-order valence-corrected chi connectivity index (χ0v) is 23.8. The number of esters is 1. The minimum Gasteiger partial charge on any atom is -0.496 e. The lowest BCUT2D eigenvalue weighted by Gasteiger charge is -2.35. The fraction of sp³-hybridized carbons (Fsp3) is 0.556. The highest BCUT2D eigenvalue weighted by atomic mass is 16.6. The third-order valence-electron chi connectivity index (χ3n) is 6.29. The van der Waals surface area contributed by atoms with E-state index >= 15 is 0 Å². The summed E-state index contributed by atoms with van der Waals surface area (Å²) in [4.78, 5) is 41.9. The van der Waals surface area contributed by atoms with Gasteiger partial charge in [-0.3, -0.25) is 4.79 Å². The van der Waals surface area contributed by atoms with Crippen molar-refractivity contribution >= 4 is 24.0 Å². The lowest BCUT2D eigenvalue weighted by atomic mass is 9.85. The molecule has 0 saturated carbocycles. The number of tetrazole rings is 1. The van der Waals surface area contributed by atoms with Gasteiger partial charge in [0.05, 0.1) is 19.9 Å². The number of ether oxygens (including phenoxy) is 3. The van der Waals surface area contributed by atoms with Gasteiger partial charge < -0.3 is 24.4 Å². The van der Waals surface area contributed by atoms with E-state index in [4.69, 9.17) is 14.2 Å². The summed E-state index contributed by atoms with van der Waals surface area (Å²) in [5, 5.41) is 15.6. The topological polar surface area (TPSA) is 138 Å². The third-order valence-corrected chi connectivity index (χ3v) is 6.29. The molecule has 0 spiro atoms. The van der Waals surface area contributed by atoms with Crippen LogP contribution in [0.4, 0.5) is 4.79 Å². The number of nitrogens with one attached hydrogen (secondary N) is 1. The standard InChI is InChI=1S/C27H38N6O6/c1-10-16-13-18(11-12-20(16)37-8)33-30-22(29-31-33)17-14-19(24(35)38-9)32(15-17)23(34)21(26(2,3)4)28-25(36)39-27(5,6)7/h10-13,17,19,21H,1,14-15H2,2-9H3,(H,28,36)/t17-,19+,21-/m1/s1. The Labute approximate surface area is 228 Å². The Kier molecular flexibility index (Phi) is 8.67. The first-order valence-electron chi connectivity index (χ1n) is 12.7. The summed E-state index contributed by atoms with van der Waals surface area (Å²) in [6, 6.07) is 3.55. The molecule has 3 rings (SSSR count). The molecule has 1 aromatic carbocycles. The maximum absolute atomic E-state index is 13.8. The maximum atomic E-state index is 13.8. The van der Waals surface area contributed by atoms with Crippen LogP contribution in [0.15, 0.2) is 24.8 Å². The Balaban J connectivity index is 1.87. The molecule has 2 heterocycles. The van der Waals surface area contributed by atoms with E-state index in [9.17, 15) is 14.4 Å². The molecule has 12 heteroatoms. The molecule has 1 N–H and O–H groups in total. The Morgan fingerprint density at radius 3 is 2.41 bits per heavy atom. The van der Waals surface area contributed by atoms with Crippen LogP contribution >= 0.6 is 0 Å². The van der Waals surface area contributed by atoms with E-state index in [0.29, 0.717) is 17.3 Å². The van der Waals surface area contributed by atoms with Gasteiger partial charge in [-0.15, -0.1) is 15.0 Å². The van der Waals surface area contributed by atoms with Crippen molar-refractivity contribution in [2.75, 3.05) is 20.8 Å². The number of nitrogens with zero attached hydrogens (tertiary/aromatic N) is 5. The van der Waals surface area contributed by atoms with Crippen molar-refractivity contribution in [3.05, 3.63) is 36.2 Å². The zero-order valence-electron chi connectivity index (χ0n) is 23.8. The van der Waals surface area contributed by atoms with Crippen molar-refractivity contribution < 1.29 is 28.6 Å². The molecule has 0 bridgehead atoms. The van der Waals surface area contributed by atoms with Crippen LogP contribution in [0.1, 0.15) is 65.3 Å². The number of amides is 2. The molecule has 0 unspecified atom stereocenters. The normalized spacial score (nSPS) is 18.3. The molecule has 1 aromatic heterocycles. The number of hydrogen-bond donors (Lipinski definition) is 1. The molecule has 2 aromatic rings. The number of rotatable bonds is 7. The summed E-state index contributed by atoms with van der Waals surface area (Å²) in [7, 11) is 2.85. The fourth-order valence-electron chi connectivity index (χ4n) is 4.37. The van der Waals surface area contributed by atoms with Crippen molar-refractivity contribution in [2.24, 2.45) is 5.41 Å². The number of benzene rings is 1. The molecule has 1 aliphatic heterocycles. The lowest BCUT2D eigenvalue weighted by molar-refractivity contribution is -0.152. The molecule has 3 atom stereocenters. The van der Waals surface area contributed by atoms with Gasteiger partial charge in [0.25, 0.3) is 0 Å². The number of hydrogen-bond acceptors (Lipinski definition) is 9. The first kappa shape index (κ1) is 29.6. The fourth-order valence-corrected chi connectivity index (χ4v) is 4.37. The third kappa shape index (κ3) is 6.92. The van der Waals surface area contributed by atoms with Crippen molar-refractivity contribution in [1.29, 1.82) is 0 Å². The number of carbonyl (C=O) groups excluding carboxylic acids is 3. The molecular weight excluding hydrogens is 504 g/mol. The van der Waals surface area contributed by atoms with E-state index < -0.39 is 41.1 Å². The number of likely N-dealkylation sites (tertiary alicyclic amines) is 1. The van der Waals surface area contributed by atoms with Crippen molar-refractivity contribution in [3.63, 3.8) is 0 Å². The Morgan fingerprint density at radius 1 is 1.15 bits per heavy atom. The van der Waals surface area contributed by atoms with Crippen LogP contribution in [0.2, 0.25) is 0 Å². The van der Waals surface area contributed by atoms with Crippen LogP contribution in [-0.4, -0.2) is 81.5 Å². The predicted molar refractivity (Wildman–Crippen MR) is 143 cm³/mol. The number of aromatic nitrogens is 4. The second-order valence-electron chi connectivity index (χ2n) is 11.5. The molecule has 0 aliphatic carbocycles. The SMILES string of the molecule is C=Cc1cc(-n2nnc([C@@H]3C[C@@H](C(=O)OC)N(C(=O)[C@@H](NC(=O)OC(C)(C)C)C(C)(C)C)C3)n2)ccc1OC. The average molecular weight is 543 g/mol. The minimum atomic E-state index is -0.960. The van der Waals surface area contributed by atoms with Gasteiger partial charge in [0, 0.05) is 18.0 Å². The molecule has 2 amide bonds. The van der Waals surface area contributed by atoms with Crippen molar-refractivity contribution in [3.8, 4) is 11.4 Å². The molecule has 212 valence electrons. The summed E-state index contributed by atoms with van der Waals surface area (Å²) < 4.78 is 15.7. The average Bonchev–Trinajstić information content (AvgIpc) is 3.52. The molecule has 1 aliphatic rings. The van der Waals surface area contributed by atoms with Gasteiger partial charge in [-0.05, 0) is 56.0 Å². The monoisotopic (exact) mass is 542 g/mol. The number of alkyl carbamates (subject to hydrolysis) is 1. The summed E-state index contributed by atoms with van der Waals surface area (Å²) >= 11 is 0. The molecular formula is C27H38N6O6. The van der Waals surface area contributed by atoms with Crippen LogP contribution in [0, 0.1) is 5.41 Å². The van der Waals surface area contributed by atoms with Crippen molar-refractivity contribution in [1.82, 2.24) is 30.4 Å². The summed E-state index contributed by atoms with van der Waals surface area (Å²) in [6.45, 7) is 14.6. The van der Waals surface area contributed by atoms with E-state index in [1.54, 1.807) is 46.1 Å². The largest absolute Gasteiger partial charge is 0.496 e. The van der Waals surface area contributed by atoms with Gasteiger partial charge in [0.2, 0.25) is 5.91 Å². The second kappa shape index (κ2) is 11.4. The molecule has 1 saturated heterocycles. The first-order valence-corrected chi connectivity index (χ1v) is 12.7. The van der Waals surface area contributed by atoms with Crippen LogP contribution < -0.4 is 10.1 Å². The van der Waals surface area contributed by atoms with E-state index in [1.807, 2.05) is 26.8 Å². The lowest BCUT2D eigenvalue weighted by Crippen LogP contribution is -2.57. The number of carbonyl (C=O) groups is 3. The molecule has 39 heavy (non-hydrogen) atoms. The second-order valence-corrected chi connectivity index (χ2v) is 11.5. The quantitative estimate of drug-likeness (QED) is 0.523. The van der Waals surface area contributed by atoms with E-state index in [1.165, 1.54) is 16.8 Å². The molecule has 1 fully saturated rings. The Hall–Kier alpha value is -3.96. The van der Waals surface area contributed by atoms with E-state index in [0.717, 1.165) is 5.56 Å². The van der Waals surface area contributed by atoms with Gasteiger partial charge in [0.15, 0.2) is 5.82 Å². The van der Waals surface area contributed by atoms with Crippen LogP contribution in [0.25, 0.3) is 11.8 Å². The van der Waals surface area contributed by atoms with Crippen LogP contribution in [0.5, 0.6) is 5.75 Å². The Bertz CT molecular complexity index is 1230. The predicted octanol–water partition coefficient (Wildman–Crippen LogP) is 3.11. The van der Waals surface area contributed by atoms with Gasteiger partial charge in [-0.25, -0.2) is 9.59 Å². The summed E-state index contributed by atoms with van der Waals surface area (Å²) in [5.74, 6) is -0.333. The minimum absolute atomic E-state index is 0.146. The molecule has 0 radical (unpaired) electrons. The number of methoxy groups -OCH3 is 2. The first-order chi connectivity index (χ1) is 18.2. The van der Waals surface area contributed by atoms with Gasteiger partial charge in [-0.2, -0.15) is 0 Å². The van der Waals surface area contributed by atoms with Crippen molar-refractivity contribution in [2.45, 2.75) is 71.6 Å². The van der Waals surface area contributed by atoms with Gasteiger partial charge >= 0.3 is 12.1 Å². The summed E-state index contributed by atoms with van der Waals surface area (Å²) in [5.41, 5.74) is -0.000575. The van der Waals surface area contributed by atoms with E-state index in [-0.39, 0.29) is 18.9 Å². The van der Waals surface area contributed by atoms with Crippen LogP contribution in [0.3, 0.4) is 0 Å². The van der Waals surface area contributed by atoms with Gasteiger partial charge in [-0.1, -0.05) is 33.4 Å². The maximum Gasteiger partial charge on any atom is 0.408 e. The zero-order chi connectivity index (χ0) is 29.1. The molecule has 12 nitrogen and oxygen atoms in total.